The molecule has 0 spiro atoms. The number of rotatable bonds is 2. The Hall–Kier alpha value is -2.07. The first-order valence-electron chi connectivity index (χ1n) is 5.17. The molecular weight excluding hydrogens is 255 g/mol. The average Bonchev–Trinajstić information content (AvgIpc) is 2.27. The minimum atomic E-state index is -0.550. The van der Waals surface area contributed by atoms with Crippen molar-refractivity contribution in [2.45, 2.75) is 0 Å². The van der Waals surface area contributed by atoms with Gasteiger partial charge in [0, 0.05) is 22.0 Å². The first kappa shape index (κ1) is 12.4. The molecule has 3 N–H and O–H groups in total. The molecule has 0 aliphatic heterocycles. The van der Waals surface area contributed by atoms with Crippen molar-refractivity contribution in [3.8, 4) is 0 Å². The Morgan fingerprint density at radius 2 is 2.00 bits per heavy atom. The number of hydrogen-bond acceptors (Lipinski definition) is 2. The van der Waals surface area contributed by atoms with Gasteiger partial charge in [0.25, 0.3) is 5.91 Å². The van der Waals surface area contributed by atoms with Crippen LogP contribution in [0.15, 0.2) is 42.5 Å². The van der Waals surface area contributed by atoms with Crippen LogP contribution in [0.25, 0.3) is 0 Å². The molecule has 2 aromatic carbocycles. The standard InChI is InChI=1S/C13H10ClFN2O/c14-9-2-1-3-12(6-9)17-13(18)8-4-10(15)7-11(16)5-8/h1-7H,16H2,(H,17,18). The van der Waals surface area contributed by atoms with Gasteiger partial charge in [-0.2, -0.15) is 0 Å². The summed E-state index contributed by atoms with van der Waals surface area (Å²) in [5.74, 6) is -0.991. The normalized spacial score (nSPS) is 10.1. The van der Waals surface area contributed by atoms with Gasteiger partial charge >= 0.3 is 0 Å². The molecule has 0 aromatic heterocycles. The third-order valence-electron chi connectivity index (χ3n) is 2.26. The highest BCUT2D eigenvalue weighted by atomic mass is 35.5. The van der Waals surface area contributed by atoms with Gasteiger partial charge in [-0.25, -0.2) is 4.39 Å². The van der Waals surface area contributed by atoms with Gasteiger partial charge < -0.3 is 11.1 Å². The summed E-state index contributed by atoms with van der Waals surface area (Å²) >= 11 is 5.79. The monoisotopic (exact) mass is 264 g/mol. The quantitative estimate of drug-likeness (QED) is 0.818. The maximum atomic E-state index is 13.1. The molecule has 0 fully saturated rings. The van der Waals surface area contributed by atoms with Gasteiger partial charge in [-0.3, -0.25) is 4.79 Å². The Morgan fingerprint density at radius 1 is 1.22 bits per heavy atom. The van der Waals surface area contributed by atoms with Crippen molar-refractivity contribution in [3.05, 3.63) is 58.9 Å². The maximum absolute atomic E-state index is 13.1. The molecule has 0 saturated heterocycles. The first-order chi connectivity index (χ1) is 8.54. The fourth-order valence-electron chi connectivity index (χ4n) is 1.51. The van der Waals surface area contributed by atoms with E-state index in [2.05, 4.69) is 5.32 Å². The van der Waals surface area contributed by atoms with Crippen molar-refractivity contribution >= 4 is 28.9 Å². The lowest BCUT2D eigenvalue weighted by Crippen LogP contribution is -2.12. The van der Waals surface area contributed by atoms with E-state index in [9.17, 15) is 9.18 Å². The van der Waals surface area contributed by atoms with E-state index in [1.54, 1.807) is 24.3 Å². The van der Waals surface area contributed by atoms with E-state index in [4.69, 9.17) is 17.3 Å². The van der Waals surface area contributed by atoms with Crippen LogP contribution in [0.1, 0.15) is 10.4 Å². The number of anilines is 2. The molecule has 0 atom stereocenters. The van der Waals surface area contributed by atoms with E-state index in [-0.39, 0.29) is 11.3 Å². The van der Waals surface area contributed by atoms with Crippen LogP contribution in [0.3, 0.4) is 0 Å². The molecular formula is C13H10ClFN2O. The van der Waals surface area contributed by atoms with Crippen LogP contribution < -0.4 is 11.1 Å². The Kier molecular flexibility index (Phi) is 3.48. The molecule has 2 rings (SSSR count). The number of nitrogen functional groups attached to an aromatic ring is 1. The van der Waals surface area contributed by atoms with Crippen molar-refractivity contribution in [2.24, 2.45) is 0 Å². The molecule has 0 unspecified atom stereocenters. The highest BCUT2D eigenvalue weighted by Crippen LogP contribution is 2.17. The minimum absolute atomic E-state index is 0.160. The summed E-state index contributed by atoms with van der Waals surface area (Å²) in [6.45, 7) is 0. The molecule has 1 amide bonds. The molecule has 0 bridgehead atoms. The van der Waals surface area contributed by atoms with Crippen LogP contribution in [0.2, 0.25) is 5.02 Å². The van der Waals surface area contributed by atoms with Crippen molar-refractivity contribution in [1.29, 1.82) is 0 Å². The van der Waals surface area contributed by atoms with Crippen LogP contribution in [0.5, 0.6) is 0 Å². The summed E-state index contributed by atoms with van der Waals surface area (Å²) in [7, 11) is 0. The molecule has 0 saturated carbocycles. The summed E-state index contributed by atoms with van der Waals surface area (Å²) in [5.41, 5.74) is 6.37. The summed E-state index contributed by atoms with van der Waals surface area (Å²) in [4.78, 5) is 11.9. The van der Waals surface area contributed by atoms with Crippen molar-refractivity contribution in [3.63, 3.8) is 0 Å². The van der Waals surface area contributed by atoms with E-state index < -0.39 is 11.7 Å². The molecule has 2 aromatic rings. The second-order valence-corrected chi connectivity index (χ2v) is 4.17. The van der Waals surface area contributed by atoms with Gasteiger partial charge in [0.1, 0.15) is 5.82 Å². The summed E-state index contributed by atoms with van der Waals surface area (Å²) in [5, 5.41) is 3.11. The smallest absolute Gasteiger partial charge is 0.255 e. The van der Waals surface area contributed by atoms with E-state index in [1.807, 2.05) is 0 Å². The summed E-state index contributed by atoms with van der Waals surface area (Å²) in [6.07, 6.45) is 0. The highest BCUT2D eigenvalue weighted by Gasteiger charge is 2.08. The van der Waals surface area contributed by atoms with E-state index in [1.165, 1.54) is 6.07 Å². The zero-order chi connectivity index (χ0) is 13.1. The van der Waals surface area contributed by atoms with Crippen molar-refractivity contribution in [1.82, 2.24) is 0 Å². The lowest BCUT2D eigenvalue weighted by molar-refractivity contribution is 0.102. The lowest BCUT2D eigenvalue weighted by atomic mass is 10.2. The third kappa shape index (κ3) is 2.99. The molecule has 0 aliphatic rings. The van der Waals surface area contributed by atoms with E-state index >= 15 is 0 Å². The second-order valence-electron chi connectivity index (χ2n) is 3.74. The van der Waals surface area contributed by atoms with Gasteiger partial charge in [-0.1, -0.05) is 17.7 Å². The van der Waals surface area contributed by atoms with Crippen LogP contribution in [0, 0.1) is 5.82 Å². The molecule has 18 heavy (non-hydrogen) atoms. The van der Waals surface area contributed by atoms with Crippen LogP contribution in [-0.2, 0) is 0 Å². The predicted octanol–water partition coefficient (Wildman–Crippen LogP) is 3.31. The lowest BCUT2D eigenvalue weighted by Gasteiger charge is -2.06. The molecule has 0 radical (unpaired) electrons. The van der Waals surface area contributed by atoms with Crippen molar-refractivity contribution in [2.75, 3.05) is 11.1 Å². The van der Waals surface area contributed by atoms with Gasteiger partial charge in [0.2, 0.25) is 0 Å². The molecule has 0 aliphatic carbocycles. The van der Waals surface area contributed by atoms with Crippen LogP contribution in [-0.4, -0.2) is 5.91 Å². The Labute approximate surface area is 108 Å². The van der Waals surface area contributed by atoms with Crippen molar-refractivity contribution < 1.29 is 9.18 Å². The minimum Gasteiger partial charge on any atom is -0.399 e. The van der Waals surface area contributed by atoms with Gasteiger partial charge in [-0.05, 0) is 36.4 Å². The first-order valence-corrected chi connectivity index (χ1v) is 5.55. The largest absolute Gasteiger partial charge is 0.399 e. The zero-order valence-corrected chi connectivity index (χ0v) is 10.0. The SMILES string of the molecule is Nc1cc(F)cc(C(=O)Nc2cccc(Cl)c2)c1. The Bertz CT molecular complexity index is 581. The number of amides is 1. The van der Waals surface area contributed by atoms with Gasteiger partial charge in [0.05, 0.1) is 0 Å². The molecule has 92 valence electrons. The maximum Gasteiger partial charge on any atom is 0.255 e. The molecule has 3 nitrogen and oxygen atoms in total. The number of nitrogens with two attached hydrogens (primary N) is 1. The number of benzene rings is 2. The average molecular weight is 265 g/mol. The summed E-state index contributed by atoms with van der Waals surface area (Å²) in [6, 6.07) is 10.4. The number of carbonyl (C=O) groups excluding carboxylic acids is 1. The Morgan fingerprint density at radius 3 is 2.67 bits per heavy atom. The van der Waals surface area contributed by atoms with Crippen LogP contribution >= 0.6 is 11.6 Å². The van der Waals surface area contributed by atoms with Gasteiger partial charge in [0.15, 0.2) is 0 Å². The number of halogens is 2. The second kappa shape index (κ2) is 5.06. The molecule has 0 heterocycles. The zero-order valence-electron chi connectivity index (χ0n) is 9.28. The number of nitrogens with one attached hydrogen (secondary N) is 1. The van der Waals surface area contributed by atoms with Crippen LogP contribution in [0.4, 0.5) is 15.8 Å². The fraction of sp³-hybridized carbons (Fsp3) is 0. The fourth-order valence-corrected chi connectivity index (χ4v) is 1.70. The highest BCUT2D eigenvalue weighted by molar-refractivity contribution is 6.30. The predicted molar refractivity (Wildman–Crippen MR) is 70.2 cm³/mol. The molecule has 5 heteroatoms. The topological polar surface area (TPSA) is 55.1 Å². The van der Waals surface area contributed by atoms with E-state index in [0.717, 1.165) is 12.1 Å². The summed E-state index contributed by atoms with van der Waals surface area (Å²) < 4.78 is 13.1. The third-order valence-corrected chi connectivity index (χ3v) is 2.50. The number of carbonyl (C=O) groups is 1. The number of hydrogen-bond donors (Lipinski definition) is 2. The van der Waals surface area contributed by atoms with E-state index in [0.29, 0.717) is 10.7 Å². The van der Waals surface area contributed by atoms with Gasteiger partial charge in [-0.15, -0.1) is 0 Å². The Balaban J connectivity index is 2.22.